The number of nitrogens with one attached hydrogen (secondary N) is 1. The molecule has 0 bridgehead atoms. The Morgan fingerprint density at radius 1 is 1.33 bits per heavy atom. The summed E-state index contributed by atoms with van der Waals surface area (Å²) in [4.78, 5) is 59.0. The lowest BCUT2D eigenvalue weighted by atomic mass is 10.2. The summed E-state index contributed by atoms with van der Waals surface area (Å²) < 4.78 is 16.7. The van der Waals surface area contributed by atoms with E-state index in [1.54, 1.807) is 0 Å². The fraction of sp³-hybridized carbons (Fsp3) is 0.438. The highest BCUT2D eigenvalue weighted by Gasteiger charge is 2.40. The van der Waals surface area contributed by atoms with Crippen molar-refractivity contribution in [2.45, 2.75) is 38.7 Å². The lowest BCUT2D eigenvalue weighted by Crippen LogP contribution is -2.37. The third kappa shape index (κ3) is 5.38. The van der Waals surface area contributed by atoms with Gasteiger partial charge >= 0.3 is 23.6 Å². The molecule has 1 fully saturated rings. The molecular formula is C16H18N2O9. The SMILES string of the molecule is CC(=O)OC[C@@H]1C[C@@H](OC(C)=O)[C@H](n2cc(/C=C/C(=O)O)c(=O)[nH]c2=O)O1. The number of rotatable bonds is 6. The minimum atomic E-state index is -1.27. The van der Waals surface area contributed by atoms with Crippen LogP contribution in [-0.4, -0.2) is 51.4 Å². The molecular weight excluding hydrogens is 364 g/mol. The first-order valence-electron chi connectivity index (χ1n) is 7.90. The lowest BCUT2D eigenvalue weighted by Gasteiger charge is -2.20. The molecule has 1 aliphatic rings. The first-order chi connectivity index (χ1) is 12.7. The number of nitrogens with zero attached hydrogens (tertiary/aromatic N) is 1. The maximum Gasteiger partial charge on any atom is 0.330 e. The normalized spacial score (nSPS) is 21.9. The smallest absolute Gasteiger partial charge is 0.330 e. The van der Waals surface area contributed by atoms with Crippen LogP contribution >= 0.6 is 0 Å². The molecule has 1 saturated heterocycles. The number of H-pyrrole nitrogens is 1. The number of esters is 2. The molecule has 0 radical (unpaired) electrons. The molecule has 1 aromatic heterocycles. The second-order valence-corrected chi connectivity index (χ2v) is 5.76. The highest BCUT2D eigenvalue weighted by atomic mass is 16.6. The van der Waals surface area contributed by atoms with Crippen LogP contribution in [0.3, 0.4) is 0 Å². The molecule has 0 aliphatic carbocycles. The third-order valence-corrected chi connectivity index (χ3v) is 3.61. The van der Waals surface area contributed by atoms with E-state index in [1.807, 2.05) is 4.98 Å². The second kappa shape index (κ2) is 8.45. The minimum Gasteiger partial charge on any atom is -0.478 e. The molecule has 0 unspecified atom stereocenters. The predicted molar refractivity (Wildman–Crippen MR) is 88.7 cm³/mol. The van der Waals surface area contributed by atoms with E-state index in [2.05, 4.69) is 0 Å². The van der Waals surface area contributed by atoms with Crippen LogP contribution in [0.15, 0.2) is 21.9 Å². The summed E-state index contributed by atoms with van der Waals surface area (Å²) in [6.07, 6.45) is 0.420. The van der Waals surface area contributed by atoms with E-state index in [4.69, 9.17) is 19.3 Å². The fourth-order valence-corrected chi connectivity index (χ4v) is 2.57. The first-order valence-corrected chi connectivity index (χ1v) is 7.90. The minimum absolute atomic E-state index is 0.104. The van der Waals surface area contributed by atoms with Gasteiger partial charge in [-0.05, 0) is 6.08 Å². The number of carboxylic acid groups (broad SMARTS) is 1. The number of carbonyl (C=O) groups excluding carboxylic acids is 2. The van der Waals surface area contributed by atoms with Gasteiger partial charge in [-0.15, -0.1) is 0 Å². The summed E-state index contributed by atoms with van der Waals surface area (Å²) in [6.45, 7) is 2.31. The van der Waals surface area contributed by atoms with Crippen molar-refractivity contribution in [2.24, 2.45) is 0 Å². The zero-order valence-corrected chi connectivity index (χ0v) is 14.5. The average molecular weight is 382 g/mol. The van der Waals surface area contributed by atoms with Crippen LogP contribution in [0.5, 0.6) is 0 Å². The Hall–Kier alpha value is -3.21. The molecule has 3 atom stereocenters. The highest BCUT2D eigenvalue weighted by Crippen LogP contribution is 2.30. The van der Waals surface area contributed by atoms with E-state index in [1.165, 1.54) is 13.8 Å². The van der Waals surface area contributed by atoms with E-state index < -0.39 is 47.6 Å². The van der Waals surface area contributed by atoms with Crippen molar-refractivity contribution in [3.63, 3.8) is 0 Å². The van der Waals surface area contributed by atoms with Crippen molar-refractivity contribution < 1.29 is 33.7 Å². The average Bonchev–Trinajstić information content (AvgIpc) is 2.94. The van der Waals surface area contributed by atoms with Crippen LogP contribution in [0.1, 0.15) is 32.1 Å². The maximum atomic E-state index is 12.2. The summed E-state index contributed by atoms with van der Waals surface area (Å²) in [5, 5.41) is 8.69. The van der Waals surface area contributed by atoms with Gasteiger partial charge in [-0.1, -0.05) is 0 Å². The van der Waals surface area contributed by atoms with Gasteiger partial charge in [0.2, 0.25) is 0 Å². The second-order valence-electron chi connectivity index (χ2n) is 5.76. The number of carbonyl (C=O) groups is 3. The number of hydrogen-bond donors (Lipinski definition) is 2. The molecule has 146 valence electrons. The van der Waals surface area contributed by atoms with E-state index in [0.717, 1.165) is 22.9 Å². The number of carboxylic acids is 1. The van der Waals surface area contributed by atoms with Crippen LogP contribution in [0.25, 0.3) is 6.08 Å². The predicted octanol–water partition coefficient (Wildman–Crippen LogP) is -0.583. The standard InChI is InChI=1S/C16H18N2O9/c1-8(19)25-7-11-5-12(26-9(2)20)15(27-11)18-6-10(3-4-13(21)22)14(23)17-16(18)24/h3-4,6,11-12,15H,5,7H2,1-2H3,(H,21,22)(H,17,23,24)/b4-3+/t11-,12+,15+/m0/s1. The Kier molecular flexibility index (Phi) is 6.29. The molecule has 1 aliphatic heterocycles. The summed E-state index contributed by atoms with van der Waals surface area (Å²) in [6, 6.07) is 0. The van der Waals surface area contributed by atoms with Gasteiger partial charge in [0.05, 0.1) is 11.7 Å². The Balaban J connectivity index is 2.36. The van der Waals surface area contributed by atoms with Crippen molar-refractivity contribution >= 4 is 24.0 Å². The number of ether oxygens (including phenoxy) is 3. The monoisotopic (exact) mass is 382 g/mol. The molecule has 2 heterocycles. The maximum absolute atomic E-state index is 12.2. The topological polar surface area (TPSA) is 154 Å². The summed E-state index contributed by atoms with van der Waals surface area (Å²) in [5.41, 5.74) is -1.72. The van der Waals surface area contributed by atoms with Crippen molar-refractivity contribution in [1.82, 2.24) is 9.55 Å². The Morgan fingerprint density at radius 3 is 2.63 bits per heavy atom. The van der Waals surface area contributed by atoms with Crippen molar-refractivity contribution in [3.8, 4) is 0 Å². The van der Waals surface area contributed by atoms with Crippen LogP contribution in [0.4, 0.5) is 0 Å². The number of hydrogen-bond acceptors (Lipinski definition) is 8. The van der Waals surface area contributed by atoms with Gasteiger partial charge in [0.1, 0.15) is 12.7 Å². The van der Waals surface area contributed by atoms with Gasteiger partial charge in [0.25, 0.3) is 5.56 Å². The molecule has 0 spiro atoms. The zero-order chi connectivity index (χ0) is 20.1. The molecule has 2 N–H and O–H groups in total. The molecule has 11 nitrogen and oxygen atoms in total. The molecule has 11 heteroatoms. The first kappa shape index (κ1) is 20.1. The molecule has 1 aromatic rings. The van der Waals surface area contributed by atoms with Gasteiger partial charge in [-0.3, -0.25) is 23.9 Å². The van der Waals surface area contributed by atoms with Crippen LogP contribution < -0.4 is 11.2 Å². The van der Waals surface area contributed by atoms with Gasteiger partial charge in [0, 0.05) is 32.5 Å². The number of aliphatic carboxylic acids is 1. The summed E-state index contributed by atoms with van der Waals surface area (Å²) >= 11 is 0. The van der Waals surface area contributed by atoms with Gasteiger partial charge in [-0.2, -0.15) is 0 Å². The van der Waals surface area contributed by atoms with Gasteiger partial charge < -0.3 is 19.3 Å². The molecule has 0 aromatic carbocycles. The molecule has 2 rings (SSSR count). The largest absolute Gasteiger partial charge is 0.478 e. The molecule has 27 heavy (non-hydrogen) atoms. The Bertz CT molecular complexity index is 883. The zero-order valence-electron chi connectivity index (χ0n) is 14.5. The van der Waals surface area contributed by atoms with Crippen molar-refractivity contribution in [1.29, 1.82) is 0 Å². The quantitative estimate of drug-likeness (QED) is 0.485. The number of aromatic nitrogens is 2. The van der Waals surface area contributed by atoms with Crippen molar-refractivity contribution in [2.75, 3.05) is 6.61 Å². The highest BCUT2D eigenvalue weighted by molar-refractivity contribution is 5.85. The van der Waals surface area contributed by atoms with Crippen LogP contribution in [0, 0.1) is 0 Å². The number of aromatic amines is 1. The van der Waals surface area contributed by atoms with Crippen molar-refractivity contribution in [3.05, 3.63) is 38.7 Å². The van der Waals surface area contributed by atoms with E-state index in [9.17, 15) is 24.0 Å². The molecule has 0 amide bonds. The van der Waals surface area contributed by atoms with Crippen LogP contribution in [-0.2, 0) is 28.6 Å². The Morgan fingerprint density at radius 2 is 2.04 bits per heavy atom. The lowest BCUT2D eigenvalue weighted by molar-refractivity contribution is -0.153. The van der Waals surface area contributed by atoms with Gasteiger partial charge in [-0.25, -0.2) is 9.59 Å². The third-order valence-electron chi connectivity index (χ3n) is 3.61. The van der Waals surface area contributed by atoms with Crippen LogP contribution in [0.2, 0.25) is 0 Å². The fourth-order valence-electron chi connectivity index (χ4n) is 2.57. The van der Waals surface area contributed by atoms with Gasteiger partial charge in [0.15, 0.2) is 6.23 Å². The van der Waals surface area contributed by atoms with E-state index in [-0.39, 0.29) is 18.6 Å². The van der Waals surface area contributed by atoms with E-state index in [0.29, 0.717) is 0 Å². The Labute approximate surface area is 152 Å². The molecule has 0 saturated carbocycles. The summed E-state index contributed by atoms with van der Waals surface area (Å²) in [7, 11) is 0. The summed E-state index contributed by atoms with van der Waals surface area (Å²) in [5.74, 6) is -2.40. The van der Waals surface area contributed by atoms with E-state index >= 15 is 0 Å².